The Morgan fingerprint density at radius 3 is 2.57 bits per heavy atom. The van der Waals surface area contributed by atoms with Crippen molar-refractivity contribution in [2.75, 3.05) is 18.5 Å². The van der Waals surface area contributed by atoms with E-state index in [1.165, 1.54) is 20.9 Å². The zero-order valence-electron chi connectivity index (χ0n) is 20.0. The Morgan fingerprint density at radius 2 is 1.89 bits per heavy atom. The number of amides is 3. The molecule has 3 aromatic rings. The van der Waals surface area contributed by atoms with Crippen LogP contribution in [0.25, 0.3) is 0 Å². The second-order valence-corrected chi connectivity index (χ2v) is 9.22. The highest BCUT2D eigenvalue weighted by Gasteiger charge is 2.39. The van der Waals surface area contributed by atoms with Gasteiger partial charge in [0.2, 0.25) is 17.6 Å². The van der Waals surface area contributed by atoms with E-state index in [0.717, 1.165) is 18.5 Å². The Morgan fingerprint density at radius 1 is 1.16 bits per heavy atom. The molecule has 5 rings (SSSR count). The molecule has 1 aromatic carbocycles. The number of likely N-dealkylation sites (N-methyl/N-ethyl adjacent to an activating group) is 1. The van der Waals surface area contributed by atoms with E-state index in [0.29, 0.717) is 17.9 Å². The van der Waals surface area contributed by atoms with Gasteiger partial charge in [0.25, 0.3) is 5.91 Å². The van der Waals surface area contributed by atoms with E-state index in [2.05, 4.69) is 10.1 Å². The fraction of sp³-hybridized carbons (Fsp3) is 0.375. The summed E-state index contributed by atoms with van der Waals surface area (Å²) in [6.07, 6.45) is 3.80. The van der Waals surface area contributed by atoms with Crippen LogP contribution in [0.4, 0.5) is 18.9 Å². The third-order valence-corrected chi connectivity index (χ3v) is 6.84. The van der Waals surface area contributed by atoms with Gasteiger partial charge in [-0.05, 0) is 24.6 Å². The predicted molar refractivity (Wildman–Crippen MR) is 122 cm³/mol. The summed E-state index contributed by atoms with van der Waals surface area (Å²) in [7, 11) is 1.59. The summed E-state index contributed by atoms with van der Waals surface area (Å²) in [5.41, 5.74) is 1.17. The van der Waals surface area contributed by atoms with Crippen molar-refractivity contribution >= 4 is 23.4 Å². The summed E-state index contributed by atoms with van der Waals surface area (Å²) in [4.78, 5) is 46.9. The molecule has 3 amide bonds. The molecule has 2 atom stereocenters. The zero-order valence-corrected chi connectivity index (χ0v) is 20.0. The number of benzene rings is 1. The Labute approximate surface area is 209 Å². The first-order valence-electron chi connectivity index (χ1n) is 11.6. The lowest BCUT2D eigenvalue weighted by Crippen LogP contribution is -2.46. The summed E-state index contributed by atoms with van der Waals surface area (Å²) in [5, 5.41) is 4.38. The minimum atomic E-state index is -1.59. The van der Waals surface area contributed by atoms with Gasteiger partial charge in [-0.2, -0.15) is 5.10 Å². The summed E-state index contributed by atoms with van der Waals surface area (Å²) >= 11 is 0. The topological polar surface area (TPSA) is 105 Å². The minimum Gasteiger partial charge on any atom is -0.438 e. The number of oxazole rings is 1. The van der Waals surface area contributed by atoms with Gasteiger partial charge in [-0.1, -0.05) is 0 Å². The molecule has 10 nitrogen and oxygen atoms in total. The molecule has 0 bridgehead atoms. The lowest BCUT2D eigenvalue weighted by molar-refractivity contribution is -0.134. The number of carbonyl (C=O) groups excluding carboxylic acids is 3. The summed E-state index contributed by atoms with van der Waals surface area (Å²) < 4.78 is 47.3. The van der Waals surface area contributed by atoms with Crippen LogP contribution in [0.3, 0.4) is 0 Å². The highest BCUT2D eigenvalue weighted by molar-refractivity contribution is 5.98. The van der Waals surface area contributed by atoms with Crippen molar-refractivity contribution < 1.29 is 32.0 Å². The molecule has 4 heterocycles. The average Bonchev–Trinajstić information content (AvgIpc) is 3.61. The monoisotopic (exact) mass is 516 g/mol. The van der Waals surface area contributed by atoms with Crippen molar-refractivity contribution in [2.24, 2.45) is 0 Å². The molecule has 0 spiro atoms. The van der Waals surface area contributed by atoms with E-state index in [4.69, 9.17) is 4.42 Å². The van der Waals surface area contributed by atoms with Gasteiger partial charge in [-0.15, -0.1) is 0 Å². The molecule has 0 aliphatic carbocycles. The lowest BCUT2D eigenvalue weighted by atomic mass is 10.1. The first-order valence-corrected chi connectivity index (χ1v) is 11.6. The van der Waals surface area contributed by atoms with Gasteiger partial charge in [0, 0.05) is 26.1 Å². The fourth-order valence-electron chi connectivity index (χ4n) is 4.77. The number of nitrogens with zero attached hydrogens (tertiary/aromatic N) is 6. The van der Waals surface area contributed by atoms with Gasteiger partial charge in [-0.3, -0.25) is 19.1 Å². The molecular formula is C24H23F3N6O4. The molecule has 0 saturated carbocycles. The van der Waals surface area contributed by atoms with Gasteiger partial charge >= 0.3 is 0 Å². The quantitative estimate of drug-likeness (QED) is 0.482. The second-order valence-electron chi connectivity index (χ2n) is 9.22. The van der Waals surface area contributed by atoms with Crippen LogP contribution in [0.1, 0.15) is 35.2 Å². The van der Waals surface area contributed by atoms with Gasteiger partial charge in [-0.25, -0.2) is 18.2 Å². The first kappa shape index (κ1) is 24.5. The maximum Gasteiger partial charge on any atom is 0.291 e. The molecular weight excluding hydrogens is 493 g/mol. The third-order valence-electron chi connectivity index (χ3n) is 6.84. The molecule has 2 aliphatic heterocycles. The Hall–Kier alpha value is -4.16. The number of carbonyl (C=O) groups is 3. The van der Waals surface area contributed by atoms with Crippen molar-refractivity contribution in [3.8, 4) is 0 Å². The maximum atomic E-state index is 13.6. The number of aromatic nitrogens is 3. The van der Waals surface area contributed by atoms with Crippen molar-refractivity contribution in [1.82, 2.24) is 24.6 Å². The number of anilines is 1. The Balaban J connectivity index is 1.32. The highest BCUT2D eigenvalue weighted by atomic mass is 19.2. The molecule has 194 valence electrons. The molecule has 13 heteroatoms. The largest absolute Gasteiger partial charge is 0.438 e. The van der Waals surface area contributed by atoms with Crippen molar-refractivity contribution in [3.63, 3.8) is 0 Å². The summed E-state index contributed by atoms with van der Waals surface area (Å²) in [6.45, 7) is 2.51. The van der Waals surface area contributed by atoms with Crippen LogP contribution in [0.5, 0.6) is 0 Å². The lowest BCUT2D eigenvalue weighted by Gasteiger charge is -2.35. The van der Waals surface area contributed by atoms with Crippen LogP contribution in [-0.2, 0) is 29.1 Å². The van der Waals surface area contributed by atoms with Crippen LogP contribution >= 0.6 is 0 Å². The summed E-state index contributed by atoms with van der Waals surface area (Å²) in [5.74, 6) is -5.23. The van der Waals surface area contributed by atoms with E-state index in [1.807, 2.05) is 6.92 Å². The maximum absolute atomic E-state index is 13.6. The van der Waals surface area contributed by atoms with Gasteiger partial charge in [0.15, 0.2) is 23.8 Å². The van der Waals surface area contributed by atoms with Gasteiger partial charge in [0.05, 0.1) is 49.3 Å². The molecule has 0 N–H and O–H groups in total. The zero-order chi connectivity index (χ0) is 26.4. The van der Waals surface area contributed by atoms with Crippen LogP contribution < -0.4 is 4.90 Å². The van der Waals surface area contributed by atoms with E-state index in [1.54, 1.807) is 17.9 Å². The molecule has 2 aromatic heterocycles. The van der Waals surface area contributed by atoms with Gasteiger partial charge < -0.3 is 19.1 Å². The predicted octanol–water partition coefficient (Wildman–Crippen LogP) is 2.14. The number of hydrogen-bond donors (Lipinski definition) is 0. The third kappa shape index (κ3) is 4.45. The van der Waals surface area contributed by atoms with E-state index in [9.17, 15) is 27.6 Å². The number of fused-ring (bicyclic) bond motifs is 1. The molecule has 1 saturated heterocycles. The summed E-state index contributed by atoms with van der Waals surface area (Å²) in [6, 6.07) is 0.917. The molecule has 0 radical (unpaired) electrons. The van der Waals surface area contributed by atoms with Crippen molar-refractivity contribution in [2.45, 2.75) is 44.9 Å². The SMILES string of the molecule is C[C@H]1Cn2ncc(N3CC(N(C)C(=O)c4cnco4)CC3=O)c2CN1C(=O)Cc1cc(F)c(F)c(F)c1. The molecule has 1 unspecified atom stereocenters. The Kier molecular flexibility index (Phi) is 6.21. The normalized spacial score (nSPS) is 19.3. The number of halogens is 3. The van der Waals surface area contributed by atoms with E-state index < -0.39 is 35.3 Å². The Bertz CT molecular complexity index is 1350. The van der Waals surface area contributed by atoms with Crippen LogP contribution in [0.15, 0.2) is 35.3 Å². The van der Waals surface area contributed by atoms with Crippen LogP contribution in [0, 0.1) is 17.5 Å². The number of rotatable bonds is 5. The van der Waals surface area contributed by atoms with Crippen molar-refractivity contribution in [3.05, 3.63) is 65.4 Å². The smallest absolute Gasteiger partial charge is 0.291 e. The molecule has 37 heavy (non-hydrogen) atoms. The molecule has 1 fully saturated rings. The second kappa shape index (κ2) is 9.37. The highest BCUT2D eigenvalue weighted by Crippen LogP contribution is 2.31. The van der Waals surface area contributed by atoms with Gasteiger partial charge in [0.1, 0.15) is 0 Å². The van der Waals surface area contributed by atoms with Crippen LogP contribution in [0.2, 0.25) is 0 Å². The number of hydrogen-bond acceptors (Lipinski definition) is 6. The molecule has 2 aliphatic rings. The van der Waals surface area contributed by atoms with E-state index >= 15 is 0 Å². The minimum absolute atomic E-state index is 0.0185. The standard InChI is InChI=1S/C24H23F3N6O4/c1-13-9-33-19(11-31(13)21(34)5-14-3-16(25)23(27)17(26)4-14)18(7-29-33)32-10-15(6-22(32)35)30(2)24(36)20-8-28-12-37-20/h3-4,7-8,12-13,15H,5-6,9-11H2,1-2H3/t13-,15?/m0/s1. The van der Waals surface area contributed by atoms with Crippen molar-refractivity contribution in [1.29, 1.82) is 0 Å². The fourth-order valence-corrected chi connectivity index (χ4v) is 4.77. The van der Waals surface area contributed by atoms with E-state index in [-0.39, 0.29) is 49.2 Å². The average molecular weight is 516 g/mol. The van der Waals surface area contributed by atoms with Crippen LogP contribution in [-0.4, -0.2) is 68.0 Å². The first-order chi connectivity index (χ1) is 17.6.